The molecule has 0 N–H and O–H groups in total. The van der Waals surface area contributed by atoms with Gasteiger partial charge >= 0.3 is 0 Å². The molecule has 0 heterocycles. The fourth-order valence-electron chi connectivity index (χ4n) is 0.343. The Labute approximate surface area is 43.5 Å². The Morgan fingerprint density at radius 1 is 1.57 bits per heavy atom. The van der Waals surface area contributed by atoms with Crippen molar-refractivity contribution in [2.75, 3.05) is 13.7 Å². The van der Waals surface area contributed by atoms with Crippen molar-refractivity contribution in [3.8, 4) is 0 Å². The van der Waals surface area contributed by atoms with Gasteiger partial charge in [-0.3, -0.25) is 0 Å². The van der Waals surface area contributed by atoms with Gasteiger partial charge in [-0.15, -0.1) is 0 Å². The fraction of sp³-hybridized carbons (Fsp3) is 1.00. The van der Waals surface area contributed by atoms with Crippen LogP contribution in [0.3, 0.4) is 0 Å². The van der Waals surface area contributed by atoms with Gasteiger partial charge in [0.25, 0.3) is 0 Å². The molecule has 0 radical (unpaired) electrons. The van der Waals surface area contributed by atoms with Crippen LogP contribution in [0.2, 0.25) is 0 Å². The molecule has 7 heavy (non-hydrogen) atoms. The summed E-state index contributed by atoms with van der Waals surface area (Å²) in [6.45, 7) is 3.14. The summed E-state index contributed by atoms with van der Waals surface area (Å²) >= 11 is 0. The lowest BCUT2D eigenvalue weighted by Gasteiger charge is -2.10. The summed E-state index contributed by atoms with van der Waals surface area (Å²) in [5.74, 6) is 0. The van der Waals surface area contributed by atoms with E-state index in [-0.39, 0.29) is 6.61 Å². The number of ether oxygens (including phenoxy) is 1. The van der Waals surface area contributed by atoms with Gasteiger partial charge in [0, 0.05) is 7.11 Å². The first kappa shape index (κ1) is 6.89. The summed E-state index contributed by atoms with van der Waals surface area (Å²) in [5, 5.41) is 0. The maximum Gasteiger partial charge on any atom is 0.128 e. The Balaban J connectivity index is 3.15. The van der Waals surface area contributed by atoms with E-state index in [4.69, 9.17) is 0 Å². The summed E-state index contributed by atoms with van der Waals surface area (Å²) in [5.41, 5.74) is -1.17. The summed E-state index contributed by atoms with van der Waals surface area (Å²) in [6, 6.07) is 0. The molecule has 0 atom stereocenters. The molecule has 44 valence electrons. The SMILES string of the molecule is COCC(C)(C)F. The highest BCUT2D eigenvalue weighted by Crippen LogP contribution is 2.06. The lowest BCUT2D eigenvalue weighted by Crippen LogP contribution is -2.18. The molecule has 2 heteroatoms. The molecule has 0 spiro atoms. The minimum atomic E-state index is -1.17. The number of rotatable bonds is 2. The lowest BCUT2D eigenvalue weighted by molar-refractivity contribution is 0.0685. The zero-order valence-corrected chi connectivity index (χ0v) is 4.99. The average Bonchev–Trinajstić information content (AvgIpc) is 1.30. The minimum absolute atomic E-state index is 0.174. The summed E-state index contributed by atoms with van der Waals surface area (Å²) in [7, 11) is 1.49. The number of hydrogen-bond donors (Lipinski definition) is 0. The zero-order chi connectivity index (χ0) is 5.91. The summed E-state index contributed by atoms with van der Waals surface area (Å²) < 4.78 is 16.8. The van der Waals surface area contributed by atoms with Gasteiger partial charge < -0.3 is 4.74 Å². The minimum Gasteiger partial charge on any atom is -0.381 e. The third-order valence-corrected chi connectivity index (χ3v) is 0.488. The molecule has 0 aromatic heterocycles. The molecule has 0 aliphatic rings. The monoisotopic (exact) mass is 106 g/mol. The second-order valence-corrected chi connectivity index (χ2v) is 2.15. The molecule has 0 aliphatic carbocycles. The van der Waals surface area contributed by atoms with Gasteiger partial charge in [-0.25, -0.2) is 4.39 Å². The maximum absolute atomic E-state index is 12.3. The van der Waals surface area contributed by atoms with E-state index >= 15 is 0 Å². The highest BCUT2D eigenvalue weighted by molar-refractivity contribution is 4.62. The predicted octanol–water partition coefficient (Wildman–Crippen LogP) is 1.38. The van der Waals surface area contributed by atoms with E-state index in [2.05, 4.69) is 4.74 Å². The van der Waals surface area contributed by atoms with E-state index in [9.17, 15) is 4.39 Å². The van der Waals surface area contributed by atoms with Gasteiger partial charge in [-0.2, -0.15) is 0 Å². The van der Waals surface area contributed by atoms with Crippen molar-refractivity contribution in [3.63, 3.8) is 0 Å². The molecule has 0 fully saturated rings. The molecule has 0 aliphatic heterocycles. The van der Waals surface area contributed by atoms with E-state index in [1.54, 1.807) is 0 Å². The third kappa shape index (κ3) is 5.89. The molecule has 0 saturated carbocycles. The second-order valence-electron chi connectivity index (χ2n) is 2.15. The van der Waals surface area contributed by atoms with Crippen LogP contribution in [0.4, 0.5) is 4.39 Å². The van der Waals surface area contributed by atoms with Crippen LogP contribution in [0.15, 0.2) is 0 Å². The van der Waals surface area contributed by atoms with Crippen LogP contribution < -0.4 is 0 Å². The number of hydrogen-bond acceptors (Lipinski definition) is 1. The van der Waals surface area contributed by atoms with Crippen LogP contribution in [0.1, 0.15) is 13.8 Å². The standard InChI is InChI=1S/C5H11FO/c1-5(2,6)4-7-3/h4H2,1-3H3. The van der Waals surface area contributed by atoms with Gasteiger partial charge in [-0.05, 0) is 13.8 Å². The largest absolute Gasteiger partial charge is 0.381 e. The molecular formula is C5H11FO. The Morgan fingerprint density at radius 3 is 2.00 bits per heavy atom. The van der Waals surface area contributed by atoms with Crippen LogP contribution in [-0.2, 0) is 4.74 Å². The predicted molar refractivity (Wildman–Crippen MR) is 27.1 cm³/mol. The molecule has 0 aromatic carbocycles. The topological polar surface area (TPSA) is 9.23 Å². The van der Waals surface area contributed by atoms with E-state index in [0.717, 1.165) is 0 Å². The average molecular weight is 106 g/mol. The first-order valence-electron chi connectivity index (χ1n) is 2.24. The van der Waals surface area contributed by atoms with Crippen molar-refractivity contribution in [1.82, 2.24) is 0 Å². The molecule has 0 aromatic rings. The highest BCUT2D eigenvalue weighted by Gasteiger charge is 2.13. The molecule has 1 nitrogen and oxygen atoms in total. The smallest absolute Gasteiger partial charge is 0.128 e. The van der Waals surface area contributed by atoms with Crippen LogP contribution in [0, 0.1) is 0 Å². The van der Waals surface area contributed by atoms with Crippen LogP contribution in [0.5, 0.6) is 0 Å². The van der Waals surface area contributed by atoms with Crippen molar-refractivity contribution in [2.45, 2.75) is 19.5 Å². The summed E-state index contributed by atoms with van der Waals surface area (Å²) in [4.78, 5) is 0. The molecule has 0 unspecified atom stereocenters. The number of halogens is 1. The van der Waals surface area contributed by atoms with Gasteiger partial charge in [0.15, 0.2) is 0 Å². The lowest BCUT2D eigenvalue weighted by atomic mass is 10.2. The quantitative estimate of drug-likeness (QED) is 0.516. The van der Waals surface area contributed by atoms with Crippen molar-refractivity contribution in [3.05, 3.63) is 0 Å². The van der Waals surface area contributed by atoms with E-state index in [0.29, 0.717) is 0 Å². The third-order valence-electron chi connectivity index (χ3n) is 0.488. The van der Waals surface area contributed by atoms with E-state index in [1.807, 2.05) is 0 Å². The van der Waals surface area contributed by atoms with E-state index < -0.39 is 5.67 Å². The second kappa shape index (κ2) is 2.26. The van der Waals surface area contributed by atoms with Gasteiger partial charge in [0.2, 0.25) is 0 Å². The molecule has 0 bridgehead atoms. The normalized spacial score (nSPS) is 12.0. The first-order valence-corrected chi connectivity index (χ1v) is 2.24. The molecule has 0 rings (SSSR count). The number of methoxy groups -OCH3 is 1. The molecular weight excluding hydrogens is 95.1 g/mol. The van der Waals surface area contributed by atoms with E-state index in [1.165, 1.54) is 21.0 Å². The summed E-state index contributed by atoms with van der Waals surface area (Å²) in [6.07, 6.45) is 0. The van der Waals surface area contributed by atoms with Crippen molar-refractivity contribution >= 4 is 0 Å². The van der Waals surface area contributed by atoms with Crippen molar-refractivity contribution in [1.29, 1.82) is 0 Å². The first-order chi connectivity index (χ1) is 3.06. The maximum atomic E-state index is 12.3. The highest BCUT2D eigenvalue weighted by atomic mass is 19.1. The molecule has 0 saturated heterocycles. The van der Waals surface area contributed by atoms with Gasteiger partial charge in [0.05, 0.1) is 6.61 Å². The van der Waals surface area contributed by atoms with Gasteiger partial charge in [0.1, 0.15) is 5.67 Å². The Morgan fingerprint density at radius 2 is 2.00 bits per heavy atom. The van der Waals surface area contributed by atoms with Crippen molar-refractivity contribution < 1.29 is 9.13 Å². The van der Waals surface area contributed by atoms with Crippen LogP contribution in [0.25, 0.3) is 0 Å². The van der Waals surface area contributed by atoms with Gasteiger partial charge in [-0.1, -0.05) is 0 Å². The Bertz CT molecular complexity index is 46.5. The Hall–Kier alpha value is -0.110. The Kier molecular flexibility index (Phi) is 2.23. The molecule has 0 amide bonds. The van der Waals surface area contributed by atoms with Crippen LogP contribution >= 0.6 is 0 Å². The van der Waals surface area contributed by atoms with Crippen LogP contribution in [-0.4, -0.2) is 19.4 Å². The zero-order valence-electron chi connectivity index (χ0n) is 4.99. The number of alkyl halides is 1. The van der Waals surface area contributed by atoms with Crippen molar-refractivity contribution in [2.24, 2.45) is 0 Å². The fourth-order valence-corrected chi connectivity index (χ4v) is 0.343.